The number of amides is 1. The van der Waals surface area contributed by atoms with Crippen molar-refractivity contribution in [3.05, 3.63) is 29.6 Å². The van der Waals surface area contributed by atoms with Crippen LogP contribution in [0.4, 0.5) is 4.39 Å². The van der Waals surface area contributed by atoms with Crippen LogP contribution in [0.15, 0.2) is 23.1 Å². The van der Waals surface area contributed by atoms with Crippen LogP contribution >= 0.6 is 0 Å². The number of carbonyl (C=O) groups is 1. The first kappa shape index (κ1) is 13.5. The fourth-order valence-electron chi connectivity index (χ4n) is 1.81. The van der Waals surface area contributed by atoms with Crippen LogP contribution in [0.5, 0.6) is 0 Å². The van der Waals surface area contributed by atoms with Crippen molar-refractivity contribution in [2.24, 2.45) is 0 Å². The highest BCUT2D eigenvalue weighted by Gasteiger charge is 2.28. The molecule has 0 aromatic heterocycles. The average Bonchev–Trinajstić information content (AvgIpc) is 2.73. The van der Waals surface area contributed by atoms with Gasteiger partial charge in [-0.1, -0.05) is 6.07 Å². The lowest BCUT2D eigenvalue weighted by Crippen LogP contribution is -2.36. The molecular formula is C11H10FN3O3S. The Morgan fingerprint density at radius 3 is 2.79 bits per heavy atom. The summed E-state index contributed by atoms with van der Waals surface area (Å²) in [5, 5.41) is 11.3. The molecule has 0 bridgehead atoms. The lowest BCUT2D eigenvalue weighted by molar-refractivity contribution is -0.119. The summed E-state index contributed by atoms with van der Waals surface area (Å²) < 4.78 is 39.8. The van der Waals surface area contributed by atoms with Gasteiger partial charge in [0.15, 0.2) is 0 Å². The Hall–Kier alpha value is -1.98. The van der Waals surface area contributed by atoms with Crippen LogP contribution in [0.2, 0.25) is 0 Å². The monoisotopic (exact) mass is 283 g/mol. The number of nitrogens with zero attached hydrogens (tertiary/aromatic N) is 1. The van der Waals surface area contributed by atoms with Gasteiger partial charge in [0.05, 0.1) is 0 Å². The van der Waals surface area contributed by atoms with Crippen molar-refractivity contribution in [2.45, 2.75) is 17.4 Å². The Labute approximate surface area is 109 Å². The highest BCUT2D eigenvalue weighted by Crippen LogP contribution is 2.18. The lowest BCUT2D eigenvalue weighted by Gasteiger charge is -2.12. The second-order valence-electron chi connectivity index (χ2n) is 4.05. The number of sulfonamides is 1. The van der Waals surface area contributed by atoms with Crippen LogP contribution in [0.3, 0.4) is 0 Å². The van der Waals surface area contributed by atoms with E-state index in [-0.39, 0.29) is 18.9 Å². The van der Waals surface area contributed by atoms with Gasteiger partial charge in [0.25, 0.3) is 0 Å². The summed E-state index contributed by atoms with van der Waals surface area (Å²) in [4.78, 5) is 10.6. The van der Waals surface area contributed by atoms with Crippen molar-refractivity contribution in [1.29, 1.82) is 5.26 Å². The molecule has 8 heteroatoms. The molecule has 0 aliphatic carbocycles. The van der Waals surface area contributed by atoms with Crippen molar-refractivity contribution in [3.8, 4) is 6.07 Å². The topological polar surface area (TPSA) is 99.1 Å². The first-order valence-electron chi connectivity index (χ1n) is 5.41. The van der Waals surface area contributed by atoms with Gasteiger partial charge in [-0.05, 0) is 12.1 Å². The van der Waals surface area contributed by atoms with E-state index in [1.54, 1.807) is 0 Å². The molecule has 1 aliphatic rings. The Balaban J connectivity index is 2.33. The smallest absolute Gasteiger partial charge is 0.242 e. The van der Waals surface area contributed by atoms with Gasteiger partial charge in [-0.3, -0.25) is 4.79 Å². The third-order valence-electron chi connectivity index (χ3n) is 2.68. The Kier molecular flexibility index (Phi) is 3.50. The Bertz CT molecular complexity index is 666. The summed E-state index contributed by atoms with van der Waals surface area (Å²) in [5.41, 5.74) is -0.535. The fourth-order valence-corrected chi connectivity index (χ4v) is 3.21. The first-order valence-corrected chi connectivity index (χ1v) is 6.90. The first-order chi connectivity index (χ1) is 8.94. The second-order valence-corrected chi connectivity index (χ2v) is 5.73. The van der Waals surface area contributed by atoms with E-state index in [1.165, 1.54) is 12.1 Å². The third kappa shape index (κ3) is 2.72. The second kappa shape index (κ2) is 4.95. The maximum Gasteiger partial charge on any atom is 0.242 e. The molecule has 1 aromatic rings. The third-order valence-corrected chi connectivity index (χ3v) is 4.24. The van der Waals surface area contributed by atoms with E-state index in [0.29, 0.717) is 0 Å². The molecule has 1 aliphatic heterocycles. The molecule has 0 spiro atoms. The maximum atomic E-state index is 13.4. The van der Waals surface area contributed by atoms with Crippen LogP contribution in [0.1, 0.15) is 12.0 Å². The molecule has 2 N–H and O–H groups in total. The van der Waals surface area contributed by atoms with Gasteiger partial charge < -0.3 is 5.32 Å². The summed E-state index contributed by atoms with van der Waals surface area (Å²) in [6.07, 6.45) is 0.0242. The van der Waals surface area contributed by atoms with E-state index < -0.39 is 32.3 Å². The molecule has 1 saturated heterocycles. The standard InChI is InChI=1S/C11H10FN3O3S/c12-9-2-1-3-10(8(9)5-13)19(17,18)15-7-4-11(16)14-6-7/h1-3,7,15H,4,6H2,(H,14,16). The van der Waals surface area contributed by atoms with Gasteiger partial charge in [0.2, 0.25) is 15.9 Å². The number of carbonyl (C=O) groups excluding carboxylic acids is 1. The number of hydrogen-bond acceptors (Lipinski definition) is 4. The van der Waals surface area contributed by atoms with E-state index in [1.807, 2.05) is 0 Å². The van der Waals surface area contributed by atoms with Gasteiger partial charge >= 0.3 is 0 Å². The van der Waals surface area contributed by atoms with Crippen LogP contribution in [-0.4, -0.2) is 26.9 Å². The van der Waals surface area contributed by atoms with Crippen LogP contribution in [0.25, 0.3) is 0 Å². The summed E-state index contributed by atoms with van der Waals surface area (Å²) in [6.45, 7) is 0.176. The number of rotatable bonds is 3. The predicted molar refractivity (Wildman–Crippen MR) is 62.9 cm³/mol. The zero-order chi connectivity index (χ0) is 14.0. The van der Waals surface area contributed by atoms with Crippen molar-refractivity contribution >= 4 is 15.9 Å². The molecule has 1 unspecified atom stereocenters. The minimum atomic E-state index is -4.04. The number of nitriles is 1. The van der Waals surface area contributed by atoms with Crippen LogP contribution in [0, 0.1) is 17.1 Å². The summed E-state index contributed by atoms with van der Waals surface area (Å²) in [6, 6.07) is 4.31. The number of benzene rings is 1. The molecule has 1 atom stereocenters. The minimum Gasteiger partial charge on any atom is -0.354 e. The van der Waals surface area contributed by atoms with E-state index >= 15 is 0 Å². The zero-order valence-corrected chi connectivity index (χ0v) is 10.5. The largest absolute Gasteiger partial charge is 0.354 e. The highest BCUT2D eigenvalue weighted by molar-refractivity contribution is 7.89. The normalized spacial score (nSPS) is 18.9. The van der Waals surface area contributed by atoms with E-state index in [4.69, 9.17) is 5.26 Å². The summed E-state index contributed by atoms with van der Waals surface area (Å²) in [5.74, 6) is -1.15. The fraction of sp³-hybridized carbons (Fsp3) is 0.273. The number of hydrogen-bond donors (Lipinski definition) is 2. The number of halogens is 1. The predicted octanol–water partition coefficient (Wildman–Crippen LogP) is -0.136. The molecule has 19 heavy (non-hydrogen) atoms. The Morgan fingerprint density at radius 2 is 2.21 bits per heavy atom. The molecule has 0 saturated carbocycles. The van der Waals surface area contributed by atoms with Gasteiger partial charge in [0, 0.05) is 19.0 Å². The molecular weight excluding hydrogens is 273 g/mol. The molecule has 0 radical (unpaired) electrons. The van der Waals surface area contributed by atoms with Crippen LogP contribution in [-0.2, 0) is 14.8 Å². The van der Waals surface area contributed by atoms with Gasteiger partial charge in [-0.2, -0.15) is 5.26 Å². The highest BCUT2D eigenvalue weighted by atomic mass is 32.2. The molecule has 1 fully saturated rings. The Morgan fingerprint density at radius 1 is 1.47 bits per heavy atom. The molecule has 1 aromatic carbocycles. The zero-order valence-electron chi connectivity index (χ0n) is 9.68. The summed E-state index contributed by atoms with van der Waals surface area (Å²) in [7, 11) is -4.04. The van der Waals surface area contributed by atoms with Crippen molar-refractivity contribution in [1.82, 2.24) is 10.0 Å². The van der Waals surface area contributed by atoms with E-state index in [2.05, 4.69) is 10.0 Å². The van der Waals surface area contributed by atoms with Gasteiger partial charge in [-0.15, -0.1) is 0 Å². The molecule has 6 nitrogen and oxygen atoms in total. The van der Waals surface area contributed by atoms with Crippen molar-refractivity contribution in [3.63, 3.8) is 0 Å². The van der Waals surface area contributed by atoms with E-state index in [0.717, 1.165) is 12.1 Å². The molecule has 1 heterocycles. The van der Waals surface area contributed by atoms with Crippen molar-refractivity contribution < 1.29 is 17.6 Å². The van der Waals surface area contributed by atoms with Gasteiger partial charge in [-0.25, -0.2) is 17.5 Å². The summed E-state index contributed by atoms with van der Waals surface area (Å²) >= 11 is 0. The van der Waals surface area contributed by atoms with E-state index in [9.17, 15) is 17.6 Å². The molecule has 1 amide bonds. The minimum absolute atomic E-state index is 0.0242. The average molecular weight is 283 g/mol. The van der Waals surface area contributed by atoms with Crippen LogP contribution < -0.4 is 10.0 Å². The lowest BCUT2D eigenvalue weighted by atomic mass is 10.2. The maximum absolute atomic E-state index is 13.4. The van der Waals surface area contributed by atoms with Crippen molar-refractivity contribution in [2.75, 3.05) is 6.54 Å². The molecule has 100 valence electrons. The molecule has 2 rings (SSSR count). The SMILES string of the molecule is N#Cc1c(F)cccc1S(=O)(=O)NC1CNC(=O)C1. The number of nitrogens with one attached hydrogen (secondary N) is 2. The quantitative estimate of drug-likeness (QED) is 0.806. The van der Waals surface area contributed by atoms with Gasteiger partial charge in [0.1, 0.15) is 22.3 Å².